The first-order valence-corrected chi connectivity index (χ1v) is 8.96. The van der Waals surface area contributed by atoms with Crippen molar-refractivity contribution < 1.29 is 9.53 Å². The van der Waals surface area contributed by atoms with Crippen LogP contribution in [-0.4, -0.2) is 43.6 Å². The summed E-state index contributed by atoms with van der Waals surface area (Å²) < 4.78 is 5.50. The highest BCUT2D eigenvalue weighted by Gasteiger charge is 2.22. The summed E-state index contributed by atoms with van der Waals surface area (Å²) >= 11 is 0. The fourth-order valence-corrected chi connectivity index (χ4v) is 3.50. The van der Waals surface area contributed by atoms with Crippen LogP contribution in [0.15, 0.2) is 12.1 Å². The van der Waals surface area contributed by atoms with Crippen molar-refractivity contribution in [3.8, 4) is 5.75 Å². The Morgan fingerprint density at radius 3 is 2.54 bits per heavy atom. The number of aryl methyl sites for hydroxylation is 2. The topological polar surface area (TPSA) is 81.6 Å². The highest BCUT2D eigenvalue weighted by atomic mass is 16.5. The minimum absolute atomic E-state index is 0.0686. The third kappa shape index (κ3) is 5.21. The maximum Gasteiger partial charge on any atom is 0.255 e. The molecule has 24 heavy (non-hydrogen) atoms. The smallest absolute Gasteiger partial charge is 0.255 e. The van der Waals surface area contributed by atoms with E-state index in [2.05, 4.69) is 17.9 Å². The van der Waals surface area contributed by atoms with Crippen molar-refractivity contribution in [2.75, 3.05) is 32.8 Å². The van der Waals surface area contributed by atoms with Gasteiger partial charge in [0.05, 0.1) is 0 Å². The summed E-state index contributed by atoms with van der Waals surface area (Å²) in [7, 11) is 0. The predicted molar refractivity (Wildman–Crippen MR) is 97.3 cm³/mol. The zero-order chi connectivity index (χ0) is 17.5. The lowest BCUT2D eigenvalue weighted by atomic mass is 9.85. The second-order valence-electron chi connectivity index (χ2n) is 6.84. The van der Waals surface area contributed by atoms with E-state index in [-0.39, 0.29) is 6.61 Å². The minimum Gasteiger partial charge on any atom is -0.484 e. The molecule has 2 rings (SSSR count). The standard InChI is InChI=1S/C19H31N3O2/c1-14-12-18(24-13-19(21)23)15(2)11-17(14)16-5-9-22(10-6-16)8-4-3-7-20/h11-12,16H,3-10,13,20H2,1-2H3,(H2,21,23). The van der Waals surface area contributed by atoms with Crippen LogP contribution in [0.4, 0.5) is 0 Å². The van der Waals surface area contributed by atoms with Gasteiger partial charge in [0.1, 0.15) is 5.75 Å². The number of piperidine rings is 1. The third-order valence-corrected chi connectivity index (χ3v) is 4.89. The Hall–Kier alpha value is -1.59. The molecule has 1 heterocycles. The fourth-order valence-electron chi connectivity index (χ4n) is 3.50. The number of rotatable bonds is 8. The van der Waals surface area contributed by atoms with Crippen LogP contribution < -0.4 is 16.2 Å². The Kier molecular flexibility index (Phi) is 7.06. The van der Waals surface area contributed by atoms with Gasteiger partial charge in [0.15, 0.2) is 6.61 Å². The molecule has 5 nitrogen and oxygen atoms in total. The lowest BCUT2D eigenvalue weighted by Crippen LogP contribution is -2.34. The fraction of sp³-hybridized carbons (Fsp3) is 0.632. The normalized spacial score (nSPS) is 16.3. The average molecular weight is 333 g/mol. The molecule has 0 unspecified atom stereocenters. The van der Waals surface area contributed by atoms with Gasteiger partial charge in [-0.25, -0.2) is 0 Å². The van der Waals surface area contributed by atoms with E-state index in [1.54, 1.807) is 0 Å². The molecule has 0 saturated carbocycles. The zero-order valence-corrected chi connectivity index (χ0v) is 15.0. The molecule has 5 heteroatoms. The minimum atomic E-state index is -0.446. The molecule has 0 radical (unpaired) electrons. The molecule has 1 amide bonds. The first-order chi connectivity index (χ1) is 11.5. The lowest BCUT2D eigenvalue weighted by molar-refractivity contribution is -0.119. The van der Waals surface area contributed by atoms with E-state index >= 15 is 0 Å². The van der Waals surface area contributed by atoms with Gasteiger partial charge in [-0.1, -0.05) is 6.07 Å². The predicted octanol–water partition coefficient (Wildman–Crippen LogP) is 2.09. The van der Waals surface area contributed by atoms with Crippen LogP contribution in [0.3, 0.4) is 0 Å². The summed E-state index contributed by atoms with van der Waals surface area (Å²) in [6, 6.07) is 4.27. The molecule has 1 aliphatic heterocycles. The molecule has 1 aromatic carbocycles. The lowest BCUT2D eigenvalue weighted by Gasteiger charge is -2.33. The number of carbonyl (C=O) groups is 1. The molecule has 1 fully saturated rings. The van der Waals surface area contributed by atoms with Crippen LogP contribution in [0, 0.1) is 13.8 Å². The van der Waals surface area contributed by atoms with E-state index in [0.717, 1.165) is 37.4 Å². The van der Waals surface area contributed by atoms with E-state index < -0.39 is 5.91 Å². The van der Waals surface area contributed by atoms with Gasteiger partial charge in [-0.15, -0.1) is 0 Å². The number of unbranched alkanes of at least 4 members (excludes halogenated alkanes) is 1. The van der Waals surface area contributed by atoms with E-state index in [9.17, 15) is 4.79 Å². The Bertz CT molecular complexity index is 552. The van der Waals surface area contributed by atoms with Gasteiger partial charge in [0, 0.05) is 0 Å². The number of primary amides is 1. The molecule has 0 aromatic heterocycles. The number of hydrogen-bond donors (Lipinski definition) is 2. The zero-order valence-electron chi connectivity index (χ0n) is 15.0. The van der Waals surface area contributed by atoms with Crippen LogP contribution in [0.2, 0.25) is 0 Å². The van der Waals surface area contributed by atoms with E-state index in [0.29, 0.717) is 5.92 Å². The van der Waals surface area contributed by atoms with Crippen molar-refractivity contribution in [1.82, 2.24) is 4.90 Å². The molecule has 0 spiro atoms. The van der Waals surface area contributed by atoms with Crippen molar-refractivity contribution in [3.63, 3.8) is 0 Å². The Morgan fingerprint density at radius 1 is 1.21 bits per heavy atom. The number of amides is 1. The van der Waals surface area contributed by atoms with Crippen molar-refractivity contribution in [2.24, 2.45) is 11.5 Å². The molecule has 0 aliphatic carbocycles. The molecule has 1 saturated heterocycles. The van der Waals surface area contributed by atoms with Gasteiger partial charge < -0.3 is 21.1 Å². The van der Waals surface area contributed by atoms with Crippen molar-refractivity contribution in [2.45, 2.75) is 45.4 Å². The van der Waals surface area contributed by atoms with Crippen LogP contribution in [0.1, 0.15) is 48.3 Å². The van der Waals surface area contributed by atoms with E-state index in [1.165, 1.54) is 36.9 Å². The number of nitrogens with two attached hydrogens (primary N) is 2. The monoisotopic (exact) mass is 333 g/mol. The number of hydrogen-bond acceptors (Lipinski definition) is 4. The van der Waals surface area contributed by atoms with Gasteiger partial charge >= 0.3 is 0 Å². The molecule has 4 N–H and O–H groups in total. The van der Waals surface area contributed by atoms with Crippen molar-refractivity contribution in [3.05, 3.63) is 28.8 Å². The van der Waals surface area contributed by atoms with Crippen LogP contribution in [0.25, 0.3) is 0 Å². The van der Waals surface area contributed by atoms with Gasteiger partial charge in [0.25, 0.3) is 5.91 Å². The number of ether oxygens (including phenoxy) is 1. The maximum absolute atomic E-state index is 10.9. The summed E-state index contributed by atoms with van der Waals surface area (Å²) in [5.41, 5.74) is 14.5. The van der Waals surface area contributed by atoms with Gasteiger partial charge in [-0.2, -0.15) is 0 Å². The summed E-state index contributed by atoms with van der Waals surface area (Å²) in [4.78, 5) is 13.4. The summed E-state index contributed by atoms with van der Waals surface area (Å²) in [6.07, 6.45) is 4.71. The Labute approximate surface area is 145 Å². The van der Waals surface area contributed by atoms with Crippen LogP contribution in [-0.2, 0) is 4.79 Å². The number of benzene rings is 1. The van der Waals surface area contributed by atoms with Gasteiger partial charge in [-0.05, 0) is 94.4 Å². The number of likely N-dealkylation sites (tertiary alicyclic amines) is 1. The Balaban J connectivity index is 1.95. The summed E-state index contributed by atoms with van der Waals surface area (Å²) in [6.45, 7) is 8.36. The first-order valence-electron chi connectivity index (χ1n) is 8.96. The highest BCUT2D eigenvalue weighted by molar-refractivity contribution is 5.75. The average Bonchev–Trinajstić information content (AvgIpc) is 2.56. The molecule has 1 aliphatic rings. The quantitative estimate of drug-likeness (QED) is 0.714. The highest BCUT2D eigenvalue weighted by Crippen LogP contribution is 2.33. The van der Waals surface area contributed by atoms with Gasteiger partial charge in [0.2, 0.25) is 0 Å². The third-order valence-electron chi connectivity index (χ3n) is 4.89. The second-order valence-corrected chi connectivity index (χ2v) is 6.84. The second kappa shape index (κ2) is 9.04. The van der Waals surface area contributed by atoms with Crippen LogP contribution in [0.5, 0.6) is 5.75 Å². The largest absolute Gasteiger partial charge is 0.484 e. The van der Waals surface area contributed by atoms with Crippen molar-refractivity contribution in [1.29, 1.82) is 0 Å². The Morgan fingerprint density at radius 2 is 1.92 bits per heavy atom. The summed E-state index contributed by atoms with van der Waals surface area (Å²) in [5.74, 6) is 0.923. The van der Waals surface area contributed by atoms with E-state index in [4.69, 9.17) is 16.2 Å². The SMILES string of the molecule is Cc1cc(C2CCN(CCCCN)CC2)c(C)cc1OCC(N)=O. The molecule has 0 atom stereocenters. The molecule has 1 aromatic rings. The summed E-state index contributed by atoms with van der Waals surface area (Å²) in [5, 5.41) is 0. The molecule has 134 valence electrons. The van der Waals surface area contributed by atoms with Crippen molar-refractivity contribution >= 4 is 5.91 Å². The molecule has 0 bridgehead atoms. The van der Waals surface area contributed by atoms with Gasteiger partial charge in [-0.3, -0.25) is 4.79 Å². The van der Waals surface area contributed by atoms with Crippen LogP contribution >= 0.6 is 0 Å². The first kappa shape index (κ1) is 18.7. The number of carbonyl (C=O) groups excluding carboxylic acids is 1. The maximum atomic E-state index is 10.9. The molecular weight excluding hydrogens is 302 g/mol. The molecular formula is C19H31N3O2. The number of nitrogens with zero attached hydrogens (tertiary/aromatic N) is 1. The van der Waals surface area contributed by atoms with E-state index in [1.807, 2.05) is 13.0 Å².